The second kappa shape index (κ2) is 13.0. The van der Waals surface area contributed by atoms with Crippen LogP contribution in [0.1, 0.15) is 104 Å². The first-order chi connectivity index (χ1) is 12.0. The quantitative estimate of drug-likeness (QED) is 0.315. The summed E-state index contributed by atoms with van der Waals surface area (Å²) in [5.74, 6) is 6.63. The van der Waals surface area contributed by atoms with Gasteiger partial charge in [-0.15, -0.1) is 11.0 Å². The lowest BCUT2D eigenvalue weighted by Crippen LogP contribution is -1.99. The fourth-order valence-electron chi connectivity index (χ4n) is 2.84. The van der Waals surface area contributed by atoms with Crippen LogP contribution in [0.2, 0.25) is 0 Å². The molecule has 0 bridgehead atoms. The van der Waals surface area contributed by atoms with Crippen LogP contribution in [0.3, 0.4) is 0 Å². The van der Waals surface area contributed by atoms with E-state index in [0.717, 1.165) is 25.1 Å². The summed E-state index contributed by atoms with van der Waals surface area (Å²) in [5, 5.41) is 8.28. The van der Waals surface area contributed by atoms with Crippen LogP contribution < -0.4 is 0 Å². The molecule has 0 aliphatic heterocycles. The molecule has 3 heteroatoms. The molecule has 0 amide bonds. The summed E-state index contributed by atoms with van der Waals surface area (Å²) in [4.78, 5) is 0. The van der Waals surface area contributed by atoms with Crippen molar-refractivity contribution in [2.75, 3.05) is 0 Å². The lowest BCUT2D eigenvalue weighted by molar-refractivity contribution is 0.507. The summed E-state index contributed by atoms with van der Waals surface area (Å²) < 4.78 is 1.99. The predicted molar refractivity (Wildman–Crippen MR) is 107 cm³/mol. The summed E-state index contributed by atoms with van der Waals surface area (Å²) in [6, 6.07) is 0. The third-order valence-electron chi connectivity index (χ3n) is 4.35. The highest BCUT2D eigenvalue weighted by Gasteiger charge is 2.02. The minimum absolute atomic E-state index is 0.160. The first kappa shape index (κ1) is 21.7. The SMILES string of the molecule is CCc1cn(CCCCCCCCCCCCC#CC(C)(C)C)nn1. The number of nitrogens with zero attached hydrogens (tertiary/aromatic N) is 3. The molecule has 1 heterocycles. The van der Waals surface area contributed by atoms with Crippen LogP contribution in [-0.2, 0) is 13.0 Å². The number of hydrogen-bond acceptors (Lipinski definition) is 2. The number of unbranched alkanes of at least 4 members (excludes halogenated alkanes) is 10. The van der Waals surface area contributed by atoms with Crippen LogP contribution >= 0.6 is 0 Å². The molecule has 0 radical (unpaired) electrons. The van der Waals surface area contributed by atoms with Gasteiger partial charge in [-0.1, -0.05) is 69.4 Å². The van der Waals surface area contributed by atoms with E-state index in [1.54, 1.807) is 0 Å². The van der Waals surface area contributed by atoms with Crippen LogP contribution in [0.5, 0.6) is 0 Å². The molecule has 0 spiro atoms. The third-order valence-corrected chi connectivity index (χ3v) is 4.35. The zero-order valence-electron chi connectivity index (χ0n) is 17.1. The van der Waals surface area contributed by atoms with E-state index in [-0.39, 0.29) is 5.41 Å². The van der Waals surface area contributed by atoms with Gasteiger partial charge in [-0.25, -0.2) is 0 Å². The number of rotatable bonds is 13. The smallest absolute Gasteiger partial charge is 0.0824 e. The molecule has 0 aliphatic carbocycles. The molecule has 0 atom stereocenters. The van der Waals surface area contributed by atoms with E-state index >= 15 is 0 Å². The highest BCUT2D eigenvalue weighted by molar-refractivity contribution is 5.06. The van der Waals surface area contributed by atoms with Crippen LogP contribution in [0.4, 0.5) is 0 Å². The van der Waals surface area contributed by atoms with E-state index in [1.807, 2.05) is 4.68 Å². The first-order valence-corrected chi connectivity index (χ1v) is 10.4. The van der Waals surface area contributed by atoms with Gasteiger partial charge in [0.2, 0.25) is 0 Å². The van der Waals surface area contributed by atoms with Crippen LogP contribution in [0.25, 0.3) is 0 Å². The lowest BCUT2D eigenvalue weighted by atomic mass is 9.97. The summed E-state index contributed by atoms with van der Waals surface area (Å²) >= 11 is 0. The van der Waals surface area contributed by atoms with Crippen molar-refractivity contribution in [3.05, 3.63) is 11.9 Å². The van der Waals surface area contributed by atoms with Crippen LogP contribution in [-0.4, -0.2) is 15.0 Å². The zero-order valence-corrected chi connectivity index (χ0v) is 17.1. The molecular formula is C22H39N3. The minimum atomic E-state index is 0.160. The molecule has 0 saturated carbocycles. The molecule has 1 aromatic rings. The summed E-state index contributed by atoms with van der Waals surface area (Å²) in [6.07, 6.45) is 17.6. The lowest BCUT2D eigenvalue weighted by Gasteiger charge is -2.06. The van der Waals surface area contributed by atoms with Crippen molar-refractivity contribution in [1.82, 2.24) is 15.0 Å². The number of aryl methyl sites for hydroxylation is 2. The summed E-state index contributed by atoms with van der Waals surface area (Å²) in [6.45, 7) is 9.67. The van der Waals surface area contributed by atoms with Gasteiger partial charge in [0.1, 0.15) is 0 Å². The maximum atomic E-state index is 4.15. The van der Waals surface area contributed by atoms with Gasteiger partial charge in [0.05, 0.1) is 5.69 Å². The van der Waals surface area contributed by atoms with Gasteiger partial charge in [0.15, 0.2) is 0 Å². The Morgan fingerprint density at radius 3 is 1.96 bits per heavy atom. The largest absolute Gasteiger partial charge is 0.252 e. The molecule has 3 nitrogen and oxygen atoms in total. The Labute approximate surface area is 156 Å². The third kappa shape index (κ3) is 12.7. The molecule has 1 aromatic heterocycles. The molecule has 0 aromatic carbocycles. The van der Waals surface area contributed by atoms with Gasteiger partial charge in [-0.2, -0.15) is 0 Å². The Balaban J connectivity index is 1.82. The summed E-state index contributed by atoms with van der Waals surface area (Å²) in [7, 11) is 0. The van der Waals surface area contributed by atoms with Gasteiger partial charge in [-0.05, 0) is 40.0 Å². The fourth-order valence-corrected chi connectivity index (χ4v) is 2.84. The molecule has 1 rings (SSSR count). The standard InChI is InChI=1S/C22H39N3/c1-5-21-20-25(24-23-21)19-17-15-13-11-9-7-6-8-10-12-14-16-18-22(2,3)4/h20H,5-15,17,19H2,1-4H3. The number of hydrogen-bond donors (Lipinski definition) is 0. The maximum Gasteiger partial charge on any atom is 0.0824 e. The van der Waals surface area contributed by atoms with Crippen molar-refractivity contribution in [3.8, 4) is 11.8 Å². The van der Waals surface area contributed by atoms with E-state index in [0.29, 0.717) is 0 Å². The second-order valence-electron chi connectivity index (χ2n) is 8.16. The monoisotopic (exact) mass is 345 g/mol. The Bertz CT molecular complexity index is 499. The normalized spacial score (nSPS) is 11.4. The Morgan fingerprint density at radius 2 is 1.44 bits per heavy atom. The van der Waals surface area contributed by atoms with E-state index in [9.17, 15) is 0 Å². The molecule has 0 saturated heterocycles. The Morgan fingerprint density at radius 1 is 0.880 bits per heavy atom. The molecule has 0 aliphatic rings. The van der Waals surface area contributed by atoms with Crippen molar-refractivity contribution in [2.45, 2.75) is 111 Å². The van der Waals surface area contributed by atoms with Gasteiger partial charge in [0, 0.05) is 24.6 Å². The van der Waals surface area contributed by atoms with Gasteiger partial charge >= 0.3 is 0 Å². The van der Waals surface area contributed by atoms with Crippen molar-refractivity contribution >= 4 is 0 Å². The Hall–Kier alpha value is -1.30. The highest BCUT2D eigenvalue weighted by atomic mass is 15.4. The molecule has 142 valence electrons. The fraction of sp³-hybridized carbons (Fsp3) is 0.818. The second-order valence-corrected chi connectivity index (χ2v) is 8.16. The molecule has 0 fully saturated rings. The molecule has 25 heavy (non-hydrogen) atoms. The minimum Gasteiger partial charge on any atom is -0.252 e. The molecule has 0 unspecified atom stereocenters. The van der Waals surface area contributed by atoms with Crippen molar-refractivity contribution in [3.63, 3.8) is 0 Å². The van der Waals surface area contributed by atoms with Crippen molar-refractivity contribution in [2.24, 2.45) is 5.41 Å². The topological polar surface area (TPSA) is 30.7 Å². The van der Waals surface area contributed by atoms with Crippen LogP contribution in [0.15, 0.2) is 6.20 Å². The predicted octanol–water partition coefficient (Wildman–Crippen LogP) is 6.18. The van der Waals surface area contributed by atoms with E-state index in [4.69, 9.17) is 0 Å². The van der Waals surface area contributed by atoms with Crippen LogP contribution in [0, 0.1) is 17.3 Å². The van der Waals surface area contributed by atoms with Gasteiger partial charge in [0.25, 0.3) is 0 Å². The average molecular weight is 346 g/mol. The molecule has 0 N–H and O–H groups in total. The van der Waals surface area contributed by atoms with Gasteiger partial charge in [-0.3, -0.25) is 4.68 Å². The Kier molecular flexibility index (Phi) is 11.3. The maximum absolute atomic E-state index is 4.15. The highest BCUT2D eigenvalue weighted by Crippen LogP contribution is 2.13. The summed E-state index contributed by atoms with van der Waals surface area (Å²) in [5.41, 5.74) is 1.26. The van der Waals surface area contributed by atoms with Gasteiger partial charge < -0.3 is 0 Å². The van der Waals surface area contributed by atoms with E-state index in [1.165, 1.54) is 64.2 Å². The van der Waals surface area contributed by atoms with E-state index in [2.05, 4.69) is 56.0 Å². The zero-order chi connectivity index (χ0) is 18.4. The molecular weight excluding hydrogens is 306 g/mol. The van der Waals surface area contributed by atoms with Crippen molar-refractivity contribution < 1.29 is 0 Å². The number of aromatic nitrogens is 3. The first-order valence-electron chi connectivity index (χ1n) is 10.4. The van der Waals surface area contributed by atoms with Crippen molar-refractivity contribution in [1.29, 1.82) is 0 Å². The average Bonchev–Trinajstić information content (AvgIpc) is 3.02. The van der Waals surface area contributed by atoms with E-state index < -0.39 is 0 Å².